The summed E-state index contributed by atoms with van der Waals surface area (Å²) in [6, 6.07) is 10.2. The summed E-state index contributed by atoms with van der Waals surface area (Å²) in [7, 11) is -1.55. The van der Waals surface area contributed by atoms with Crippen LogP contribution in [0.5, 0.6) is 0 Å². The molecule has 0 aromatic heterocycles. The summed E-state index contributed by atoms with van der Waals surface area (Å²) in [5.74, 6) is 0.0438. The van der Waals surface area contributed by atoms with E-state index in [9.17, 15) is 4.79 Å². The van der Waals surface area contributed by atoms with Gasteiger partial charge in [-0.1, -0.05) is 18.2 Å². The van der Waals surface area contributed by atoms with Gasteiger partial charge in [0.15, 0.2) is 5.78 Å². The van der Waals surface area contributed by atoms with Gasteiger partial charge in [0, 0.05) is 21.6 Å². The normalized spacial score (nSPS) is 17.0. The van der Waals surface area contributed by atoms with Gasteiger partial charge in [-0.25, -0.2) is 18.6 Å². The number of hydrogen-bond acceptors (Lipinski definition) is 7. The first-order chi connectivity index (χ1) is 10.8. The third kappa shape index (κ3) is 6.32. The molecule has 0 atom stereocenters. The zero-order valence-corrected chi connectivity index (χ0v) is 13.8. The molecule has 0 radical (unpaired) electrons. The molecule has 9 heteroatoms. The maximum atomic E-state index is 11.1. The summed E-state index contributed by atoms with van der Waals surface area (Å²) >= 11 is 0. The average molecular weight is 372 g/mol. The SMILES string of the molecule is O=C1C=CC(=C2[NH+]=C(c3ccccc3)SS2)C=C1.[O-][Cl+3]([O-])([O-])[O-]. The molecule has 2 aliphatic rings. The van der Waals surface area contributed by atoms with Crippen molar-refractivity contribution in [2.45, 2.75) is 0 Å². The van der Waals surface area contributed by atoms with E-state index in [2.05, 4.69) is 17.1 Å². The van der Waals surface area contributed by atoms with Crippen LogP contribution in [0.2, 0.25) is 0 Å². The van der Waals surface area contributed by atoms with Gasteiger partial charge in [-0.05, 0) is 36.4 Å². The number of benzene rings is 1. The van der Waals surface area contributed by atoms with Crippen molar-refractivity contribution in [3.8, 4) is 0 Å². The van der Waals surface area contributed by atoms with E-state index in [0.29, 0.717) is 0 Å². The predicted octanol–water partition coefficient (Wildman–Crippen LogP) is -2.94. The number of hydrogen-bond donors (Lipinski definition) is 1. The van der Waals surface area contributed by atoms with Crippen LogP contribution in [0.25, 0.3) is 0 Å². The Kier molecular flexibility index (Phi) is 6.19. The Labute approximate surface area is 142 Å². The Hall–Kier alpha value is -1.39. The van der Waals surface area contributed by atoms with Crippen LogP contribution < -0.4 is 23.6 Å². The molecule has 0 amide bonds. The molecule has 3 rings (SSSR count). The molecule has 1 aromatic carbocycles. The van der Waals surface area contributed by atoms with Crippen LogP contribution in [0, 0.1) is 10.2 Å². The van der Waals surface area contributed by atoms with Crippen LogP contribution in [0.1, 0.15) is 5.56 Å². The van der Waals surface area contributed by atoms with E-state index in [0.717, 1.165) is 15.6 Å². The van der Waals surface area contributed by atoms with Gasteiger partial charge in [0.2, 0.25) is 0 Å². The highest BCUT2D eigenvalue weighted by atomic mass is 35.7. The quantitative estimate of drug-likeness (QED) is 0.524. The zero-order valence-electron chi connectivity index (χ0n) is 11.4. The van der Waals surface area contributed by atoms with E-state index in [1.807, 2.05) is 30.4 Å². The Morgan fingerprint density at radius 2 is 1.43 bits per heavy atom. The number of rotatable bonds is 1. The Balaban J connectivity index is 0.000000338. The molecule has 1 N–H and O–H groups in total. The van der Waals surface area contributed by atoms with Crippen molar-refractivity contribution in [3.05, 3.63) is 70.8 Å². The highest BCUT2D eigenvalue weighted by Crippen LogP contribution is 2.34. The fourth-order valence-electron chi connectivity index (χ4n) is 1.66. The molecule has 1 heterocycles. The second-order valence-corrected chi connectivity index (χ2v) is 7.12. The van der Waals surface area contributed by atoms with Crippen LogP contribution in [0.4, 0.5) is 0 Å². The van der Waals surface area contributed by atoms with Crippen molar-refractivity contribution < 1.29 is 38.7 Å². The van der Waals surface area contributed by atoms with Gasteiger partial charge in [0.05, 0.1) is 11.1 Å². The van der Waals surface area contributed by atoms with Gasteiger partial charge in [-0.3, -0.25) is 4.79 Å². The molecule has 1 aromatic rings. The monoisotopic (exact) mass is 371 g/mol. The van der Waals surface area contributed by atoms with E-state index in [4.69, 9.17) is 18.6 Å². The van der Waals surface area contributed by atoms with Crippen molar-refractivity contribution in [3.63, 3.8) is 0 Å². The van der Waals surface area contributed by atoms with Crippen LogP contribution in [-0.4, -0.2) is 10.8 Å². The van der Waals surface area contributed by atoms with Gasteiger partial charge in [-0.15, -0.1) is 10.2 Å². The third-order valence-electron chi connectivity index (χ3n) is 2.59. The predicted molar refractivity (Wildman–Crippen MR) is 77.0 cm³/mol. The topological polar surface area (TPSA) is 123 Å². The smallest absolute Gasteiger partial charge is 0.257 e. The van der Waals surface area contributed by atoms with Gasteiger partial charge in [0.1, 0.15) is 0 Å². The Bertz CT molecular complexity index is 684. The van der Waals surface area contributed by atoms with Crippen molar-refractivity contribution in [1.29, 1.82) is 0 Å². The maximum absolute atomic E-state index is 11.1. The second kappa shape index (κ2) is 7.93. The first kappa shape index (κ1) is 18.0. The Morgan fingerprint density at radius 1 is 0.870 bits per heavy atom. The fraction of sp³-hybridized carbons (Fsp3) is 0. The minimum Gasteiger partial charge on any atom is -0.290 e. The first-order valence-corrected chi connectivity index (χ1v) is 9.51. The molecule has 23 heavy (non-hydrogen) atoms. The van der Waals surface area contributed by atoms with E-state index in [1.165, 1.54) is 5.56 Å². The van der Waals surface area contributed by atoms with Crippen molar-refractivity contribution >= 4 is 32.4 Å². The van der Waals surface area contributed by atoms with Crippen molar-refractivity contribution in [1.82, 2.24) is 0 Å². The van der Waals surface area contributed by atoms with E-state index in [1.54, 1.807) is 33.7 Å². The lowest BCUT2D eigenvalue weighted by Crippen LogP contribution is -2.68. The summed E-state index contributed by atoms with van der Waals surface area (Å²) in [5, 5.41) is 2.22. The molecule has 120 valence electrons. The minimum atomic E-state index is -4.94. The summed E-state index contributed by atoms with van der Waals surface area (Å²) in [4.78, 5) is 14.5. The number of carbonyl (C=O) groups is 1. The standard InChI is InChI=1S/C14H9NOS2.ClHO4/c16-12-8-6-11(7-9-12)14-15-13(17-18-14)10-4-2-1-3-5-10;2-1(3,4)5/h1-9H;(H,2,3,4,5). The molecule has 0 saturated carbocycles. The molecule has 0 spiro atoms. The third-order valence-corrected chi connectivity index (χ3v) is 4.93. The summed E-state index contributed by atoms with van der Waals surface area (Å²) in [5.41, 5.74) is 2.24. The van der Waals surface area contributed by atoms with Gasteiger partial charge >= 0.3 is 0 Å². The minimum absolute atomic E-state index is 0.0438. The zero-order chi connectivity index (χ0) is 16.9. The van der Waals surface area contributed by atoms with Crippen LogP contribution >= 0.6 is 21.6 Å². The number of halogens is 1. The van der Waals surface area contributed by atoms with Gasteiger partial charge in [0.25, 0.3) is 10.1 Å². The molecule has 0 fully saturated rings. The lowest BCUT2D eigenvalue weighted by atomic mass is 10.1. The molecular formula is C14H10ClNO5S2. The Morgan fingerprint density at radius 3 is 2.00 bits per heavy atom. The largest absolute Gasteiger partial charge is 0.290 e. The number of ketones is 1. The molecule has 0 saturated heterocycles. The fourth-order valence-corrected chi connectivity index (χ4v) is 3.98. The van der Waals surface area contributed by atoms with Crippen LogP contribution in [0.3, 0.4) is 0 Å². The van der Waals surface area contributed by atoms with Gasteiger partial charge in [-0.2, -0.15) is 4.99 Å². The van der Waals surface area contributed by atoms with E-state index < -0.39 is 10.2 Å². The van der Waals surface area contributed by atoms with Crippen molar-refractivity contribution in [2.75, 3.05) is 0 Å². The second-order valence-electron chi connectivity index (χ2n) is 4.22. The summed E-state index contributed by atoms with van der Waals surface area (Å²) < 4.78 is 34.0. The van der Waals surface area contributed by atoms with Gasteiger partial charge < -0.3 is 0 Å². The summed E-state index contributed by atoms with van der Waals surface area (Å²) in [6.45, 7) is 0. The molecule has 6 nitrogen and oxygen atoms in total. The van der Waals surface area contributed by atoms with E-state index in [-0.39, 0.29) is 5.78 Å². The maximum Gasteiger partial charge on any atom is 0.257 e. The van der Waals surface area contributed by atoms with Crippen molar-refractivity contribution in [2.24, 2.45) is 0 Å². The van der Waals surface area contributed by atoms with Crippen LogP contribution in [0.15, 0.2) is 65.2 Å². The first-order valence-electron chi connectivity index (χ1n) is 6.13. The number of allylic oxidation sites excluding steroid dienone is 5. The molecule has 1 aliphatic carbocycles. The highest BCUT2D eigenvalue weighted by Gasteiger charge is 2.25. The lowest BCUT2D eigenvalue weighted by Gasteiger charge is -2.17. The lowest BCUT2D eigenvalue weighted by molar-refractivity contribution is -2.00. The molecule has 0 unspecified atom stereocenters. The molecule has 0 bridgehead atoms. The highest BCUT2D eigenvalue weighted by molar-refractivity contribution is 8.84. The molecule has 1 aliphatic heterocycles. The van der Waals surface area contributed by atoms with E-state index >= 15 is 0 Å². The summed E-state index contributed by atoms with van der Waals surface area (Å²) in [6.07, 6.45) is 6.89. The van der Waals surface area contributed by atoms with Crippen LogP contribution in [-0.2, 0) is 4.79 Å². The average Bonchev–Trinajstić information content (AvgIpc) is 2.97. The number of carbonyl (C=O) groups excluding carboxylic acids is 1. The number of nitrogens with one attached hydrogen (secondary N) is 1. The molecular weight excluding hydrogens is 362 g/mol.